The van der Waals surface area contributed by atoms with E-state index >= 15 is 0 Å². The Bertz CT molecular complexity index is 774. The first-order valence-corrected chi connectivity index (χ1v) is 8.17. The molecule has 0 bridgehead atoms. The summed E-state index contributed by atoms with van der Waals surface area (Å²) in [5.74, 6) is 0.551. The van der Waals surface area contributed by atoms with Crippen molar-refractivity contribution in [3.8, 4) is 21.5 Å². The Hall–Kier alpha value is -2.48. The van der Waals surface area contributed by atoms with E-state index in [1.54, 1.807) is 18.5 Å². The molecule has 120 valence electrons. The Balaban J connectivity index is 1.75. The molecule has 8 heteroatoms. The molecule has 1 amide bonds. The van der Waals surface area contributed by atoms with Crippen molar-refractivity contribution >= 4 is 17.2 Å². The molecule has 23 heavy (non-hydrogen) atoms. The monoisotopic (exact) mass is 332 g/mol. The number of rotatable bonds is 6. The first-order valence-electron chi connectivity index (χ1n) is 7.35. The molecule has 0 aliphatic rings. The normalized spacial score (nSPS) is 11.1. The molecule has 0 saturated carbocycles. The number of carbonyl (C=O) groups excluding carboxylic acids is 1. The van der Waals surface area contributed by atoms with Gasteiger partial charge in [0.15, 0.2) is 10.8 Å². The molecule has 0 atom stereocenters. The summed E-state index contributed by atoms with van der Waals surface area (Å²) < 4.78 is 10.8. The van der Waals surface area contributed by atoms with Gasteiger partial charge in [-0.2, -0.15) is 0 Å². The molecule has 3 aromatic rings. The number of hydrogen-bond donors (Lipinski definition) is 1. The molecule has 3 aromatic heterocycles. The first-order chi connectivity index (χ1) is 11.2. The topological polar surface area (TPSA) is 94.1 Å². The van der Waals surface area contributed by atoms with Crippen molar-refractivity contribution in [2.45, 2.75) is 32.7 Å². The van der Waals surface area contributed by atoms with Gasteiger partial charge in [0.05, 0.1) is 12.5 Å². The molecule has 7 nitrogen and oxygen atoms in total. The Kier molecular flexibility index (Phi) is 4.52. The van der Waals surface area contributed by atoms with E-state index in [2.05, 4.69) is 20.5 Å². The smallest absolute Gasteiger partial charge is 0.309 e. The van der Waals surface area contributed by atoms with E-state index in [0.29, 0.717) is 15.6 Å². The Labute approximate surface area is 136 Å². The van der Waals surface area contributed by atoms with Crippen LogP contribution in [0.5, 0.6) is 0 Å². The number of thiazole rings is 1. The Morgan fingerprint density at radius 3 is 2.87 bits per heavy atom. The van der Waals surface area contributed by atoms with Crippen molar-refractivity contribution in [1.29, 1.82) is 0 Å². The minimum atomic E-state index is -0.353. The van der Waals surface area contributed by atoms with Crippen LogP contribution in [0.4, 0.5) is 0 Å². The average Bonchev–Trinajstić information content (AvgIpc) is 3.32. The summed E-state index contributed by atoms with van der Waals surface area (Å²) in [7, 11) is 0. The predicted octanol–water partition coefficient (Wildman–Crippen LogP) is 3.37. The van der Waals surface area contributed by atoms with Gasteiger partial charge in [0.2, 0.25) is 0 Å². The lowest BCUT2D eigenvalue weighted by atomic mass is 10.2. The zero-order valence-electron chi connectivity index (χ0n) is 12.8. The highest BCUT2D eigenvalue weighted by Gasteiger charge is 2.19. The molecular formula is C15H16N4O3S. The highest BCUT2D eigenvalue weighted by atomic mass is 32.1. The highest BCUT2D eigenvalue weighted by molar-refractivity contribution is 7.18. The third kappa shape index (κ3) is 3.31. The van der Waals surface area contributed by atoms with Gasteiger partial charge in [-0.25, -0.2) is 4.98 Å². The summed E-state index contributed by atoms with van der Waals surface area (Å²) in [6.45, 7) is 4.03. The van der Waals surface area contributed by atoms with Crippen molar-refractivity contribution in [3.63, 3.8) is 0 Å². The summed E-state index contributed by atoms with van der Waals surface area (Å²) in [5, 5.41) is 11.3. The van der Waals surface area contributed by atoms with Gasteiger partial charge in [-0.05, 0) is 25.0 Å². The molecule has 3 heterocycles. The Morgan fingerprint density at radius 2 is 2.17 bits per heavy atom. The van der Waals surface area contributed by atoms with Crippen molar-refractivity contribution in [2.24, 2.45) is 0 Å². The molecule has 0 radical (unpaired) electrons. The van der Waals surface area contributed by atoms with E-state index in [9.17, 15) is 4.79 Å². The lowest BCUT2D eigenvalue weighted by molar-refractivity contribution is 0.0900. The predicted molar refractivity (Wildman–Crippen MR) is 84.9 cm³/mol. The summed E-state index contributed by atoms with van der Waals surface area (Å²) in [6.07, 6.45) is 4.91. The molecular weight excluding hydrogens is 316 g/mol. The number of furan rings is 1. The fraction of sp³-hybridized carbons (Fsp3) is 0.333. The van der Waals surface area contributed by atoms with E-state index in [0.717, 1.165) is 12.8 Å². The van der Waals surface area contributed by atoms with Crippen LogP contribution in [0.1, 0.15) is 37.4 Å². The zero-order valence-corrected chi connectivity index (χ0v) is 13.6. The van der Waals surface area contributed by atoms with Crippen molar-refractivity contribution in [2.75, 3.05) is 0 Å². The van der Waals surface area contributed by atoms with Crippen molar-refractivity contribution < 1.29 is 13.6 Å². The molecule has 0 saturated heterocycles. The first kappa shape index (κ1) is 15.4. The molecule has 0 aliphatic heterocycles. The van der Waals surface area contributed by atoms with Gasteiger partial charge in [0, 0.05) is 6.04 Å². The molecule has 0 unspecified atom stereocenters. The molecule has 0 aliphatic carbocycles. The second-order valence-corrected chi connectivity index (χ2v) is 5.94. The van der Waals surface area contributed by atoms with Gasteiger partial charge in [0.25, 0.3) is 5.89 Å². The van der Waals surface area contributed by atoms with Crippen LogP contribution in [0.2, 0.25) is 0 Å². The number of nitrogens with one attached hydrogen (secondary N) is 1. The Morgan fingerprint density at radius 1 is 1.35 bits per heavy atom. The third-order valence-corrected chi connectivity index (χ3v) is 4.39. The van der Waals surface area contributed by atoms with E-state index in [-0.39, 0.29) is 23.7 Å². The maximum atomic E-state index is 12.1. The summed E-state index contributed by atoms with van der Waals surface area (Å²) in [6, 6.07) is 3.72. The van der Waals surface area contributed by atoms with E-state index < -0.39 is 0 Å². The second kappa shape index (κ2) is 6.74. The second-order valence-electron chi connectivity index (χ2n) is 4.91. The number of hydrogen-bond acceptors (Lipinski definition) is 7. The third-order valence-electron chi connectivity index (χ3n) is 3.39. The lowest BCUT2D eigenvalue weighted by Gasteiger charge is -2.12. The maximum absolute atomic E-state index is 12.1. The number of nitrogens with zero attached hydrogens (tertiary/aromatic N) is 3. The van der Waals surface area contributed by atoms with Crippen LogP contribution in [0.3, 0.4) is 0 Å². The lowest BCUT2D eigenvalue weighted by Crippen LogP contribution is -2.33. The van der Waals surface area contributed by atoms with Crippen molar-refractivity contribution in [3.05, 3.63) is 30.5 Å². The fourth-order valence-electron chi connectivity index (χ4n) is 2.04. The van der Waals surface area contributed by atoms with Crippen LogP contribution in [0.15, 0.2) is 33.4 Å². The highest BCUT2D eigenvalue weighted by Crippen LogP contribution is 2.31. The SMILES string of the molecule is CCC(CC)NC(=O)c1nnc(-c2cnc(-c3ccco3)s2)o1. The number of carbonyl (C=O) groups is 1. The van der Waals surface area contributed by atoms with Gasteiger partial charge < -0.3 is 14.2 Å². The van der Waals surface area contributed by atoms with Crippen LogP contribution in [-0.4, -0.2) is 27.1 Å². The minimum absolute atomic E-state index is 0.0418. The van der Waals surface area contributed by atoms with Crippen LogP contribution < -0.4 is 5.32 Å². The standard InChI is InChI=1S/C15H16N4O3S/c1-3-9(4-2)17-12(20)14-19-18-13(22-14)11-8-16-15(23-11)10-6-5-7-21-10/h5-9H,3-4H2,1-2H3,(H,17,20). The van der Waals surface area contributed by atoms with Crippen LogP contribution in [0.25, 0.3) is 21.5 Å². The van der Waals surface area contributed by atoms with Gasteiger partial charge in [-0.1, -0.05) is 13.8 Å². The molecule has 0 aromatic carbocycles. The van der Waals surface area contributed by atoms with Crippen LogP contribution >= 0.6 is 11.3 Å². The number of amides is 1. The quantitative estimate of drug-likeness (QED) is 0.743. The zero-order chi connectivity index (χ0) is 16.2. The van der Waals surface area contributed by atoms with Gasteiger partial charge in [-0.3, -0.25) is 4.79 Å². The van der Waals surface area contributed by atoms with E-state index in [4.69, 9.17) is 8.83 Å². The fourth-order valence-corrected chi connectivity index (χ4v) is 2.85. The molecule has 3 rings (SSSR count). The summed E-state index contributed by atoms with van der Waals surface area (Å²) in [5.41, 5.74) is 0. The molecule has 0 fully saturated rings. The summed E-state index contributed by atoms with van der Waals surface area (Å²) in [4.78, 5) is 17.0. The average molecular weight is 332 g/mol. The van der Waals surface area contributed by atoms with Crippen molar-refractivity contribution in [1.82, 2.24) is 20.5 Å². The largest absolute Gasteiger partial charge is 0.462 e. The number of aromatic nitrogens is 3. The van der Waals surface area contributed by atoms with E-state index in [1.165, 1.54) is 11.3 Å². The van der Waals surface area contributed by atoms with Gasteiger partial charge >= 0.3 is 11.8 Å². The van der Waals surface area contributed by atoms with Gasteiger partial charge in [0.1, 0.15) is 4.88 Å². The minimum Gasteiger partial charge on any atom is -0.462 e. The summed E-state index contributed by atoms with van der Waals surface area (Å²) >= 11 is 1.36. The maximum Gasteiger partial charge on any atom is 0.309 e. The van der Waals surface area contributed by atoms with Gasteiger partial charge in [-0.15, -0.1) is 21.5 Å². The van der Waals surface area contributed by atoms with Crippen LogP contribution in [0, 0.1) is 0 Å². The molecule has 0 spiro atoms. The molecule has 1 N–H and O–H groups in total. The van der Waals surface area contributed by atoms with Crippen LogP contribution in [-0.2, 0) is 0 Å². The van der Waals surface area contributed by atoms with E-state index in [1.807, 2.05) is 19.9 Å².